The van der Waals surface area contributed by atoms with Crippen molar-refractivity contribution in [2.75, 3.05) is 26.3 Å². The lowest BCUT2D eigenvalue weighted by Crippen LogP contribution is -2.21. The SMILES string of the molecule is CCN(CC)CC.CP(=S)(S)Sc1ccc(Cl)cc1. The summed E-state index contributed by atoms with van der Waals surface area (Å²) in [6, 6.07) is 7.66. The second-order valence-corrected chi connectivity index (χ2v) is 16.3. The van der Waals surface area contributed by atoms with E-state index in [1.54, 1.807) is 11.4 Å². The molecule has 1 aromatic carbocycles. The summed E-state index contributed by atoms with van der Waals surface area (Å²) >= 11 is 16.9. The maximum Gasteiger partial charge on any atom is 0.0559 e. The molecular formula is C13H23ClNPS3. The Morgan fingerprint density at radius 3 is 1.84 bits per heavy atom. The molecule has 0 aliphatic rings. The van der Waals surface area contributed by atoms with E-state index in [2.05, 4.69) is 37.9 Å². The second-order valence-electron chi connectivity index (χ2n) is 3.97. The molecular weight excluding hydrogens is 333 g/mol. The van der Waals surface area contributed by atoms with Gasteiger partial charge in [-0.15, -0.1) is 12.2 Å². The topological polar surface area (TPSA) is 3.24 Å². The quantitative estimate of drug-likeness (QED) is 0.537. The highest BCUT2D eigenvalue weighted by molar-refractivity contribution is 8.96. The first-order chi connectivity index (χ1) is 8.82. The molecule has 1 nitrogen and oxygen atoms in total. The Morgan fingerprint density at radius 1 is 1.16 bits per heavy atom. The largest absolute Gasteiger partial charge is 0.304 e. The maximum atomic E-state index is 5.74. The summed E-state index contributed by atoms with van der Waals surface area (Å²) in [6.07, 6.45) is 0. The van der Waals surface area contributed by atoms with Crippen molar-refractivity contribution in [1.82, 2.24) is 4.90 Å². The van der Waals surface area contributed by atoms with E-state index in [4.69, 9.17) is 23.4 Å². The van der Waals surface area contributed by atoms with E-state index in [0.717, 1.165) is 9.92 Å². The van der Waals surface area contributed by atoms with Crippen LogP contribution in [0.5, 0.6) is 0 Å². The molecule has 0 heterocycles. The van der Waals surface area contributed by atoms with Crippen molar-refractivity contribution in [3.05, 3.63) is 29.3 Å². The van der Waals surface area contributed by atoms with Gasteiger partial charge < -0.3 is 4.90 Å². The lowest BCUT2D eigenvalue weighted by atomic mass is 10.4. The highest BCUT2D eigenvalue weighted by atomic mass is 35.5. The van der Waals surface area contributed by atoms with Crippen LogP contribution in [0.4, 0.5) is 0 Å². The molecule has 0 N–H and O–H groups in total. The minimum atomic E-state index is -1.50. The van der Waals surface area contributed by atoms with E-state index in [-0.39, 0.29) is 0 Å². The average molecular weight is 356 g/mol. The second kappa shape index (κ2) is 10.5. The van der Waals surface area contributed by atoms with E-state index < -0.39 is 4.44 Å². The highest BCUT2D eigenvalue weighted by Gasteiger charge is 2.05. The van der Waals surface area contributed by atoms with E-state index in [9.17, 15) is 0 Å². The number of halogens is 1. The number of rotatable bonds is 5. The fourth-order valence-corrected chi connectivity index (χ4v) is 5.30. The standard InChI is InChI=1S/C7H8ClPS3.C6H15N/c1-9(10,11)12-7-4-2-6(8)3-5-7;1-4-7(5-2)6-3/h2-5H,1H3,(H,10,11);4-6H2,1-3H3. The Labute approximate surface area is 137 Å². The molecule has 0 aliphatic carbocycles. The first-order valence-corrected chi connectivity index (χ1v) is 12.5. The summed E-state index contributed by atoms with van der Waals surface area (Å²) < 4.78 is -1.50. The first kappa shape index (κ1) is 19.8. The monoisotopic (exact) mass is 355 g/mol. The van der Waals surface area contributed by atoms with Gasteiger partial charge in [0.25, 0.3) is 0 Å². The van der Waals surface area contributed by atoms with Crippen LogP contribution in [-0.4, -0.2) is 31.2 Å². The van der Waals surface area contributed by atoms with Crippen LogP contribution in [0.1, 0.15) is 20.8 Å². The highest BCUT2D eigenvalue weighted by Crippen LogP contribution is 2.62. The number of thiol groups is 1. The van der Waals surface area contributed by atoms with Gasteiger partial charge in [0.1, 0.15) is 0 Å². The van der Waals surface area contributed by atoms with Crippen molar-refractivity contribution >= 4 is 51.5 Å². The van der Waals surface area contributed by atoms with E-state index >= 15 is 0 Å². The molecule has 110 valence electrons. The van der Waals surface area contributed by atoms with Crippen LogP contribution in [0.25, 0.3) is 0 Å². The van der Waals surface area contributed by atoms with Gasteiger partial charge in [0.2, 0.25) is 0 Å². The zero-order valence-corrected chi connectivity index (χ0v) is 16.1. The molecule has 1 atom stereocenters. The molecule has 0 fully saturated rings. The first-order valence-electron chi connectivity index (χ1n) is 6.30. The van der Waals surface area contributed by atoms with Gasteiger partial charge >= 0.3 is 0 Å². The Hall–Kier alpha value is 0.820. The van der Waals surface area contributed by atoms with Gasteiger partial charge in [-0.1, -0.05) is 55.6 Å². The molecule has 1 aromatic rings. The van der Waals surface area contributed by atoms with Crippen LogP contribution >= 0.6 is 39.7 Å². The van der Waals surface area contributed by atoms with Crippen molar-refractivity contribution in [3.63, 3.8) is 0 Å². The Morgan fingerprint density at radius 2 is 1.58 bits per heavy atom. The molecule has 0 amide bonds. The number of hydrogen-bond acceptors (Lipinski definition) is 3. The number of nitrogens with zero attached hydrogens (tertiary/aromatic N) is 1. The van der Waals surface area contributed by atoms with Crippen molar-refractivity contribution < 1.29 is 0 Å². The van der Waals surface area contributed by atoms with Crippen LogP contribution in [0, 0.1) is 0 Å². The Kier molecular flexibility index (Phi) is 11.0. The smallest absolute Gasteiger partial charge is 0.0559 e. The summed E-state index contributed by atoms with van der Waals surface area (Å²) in [4.78, 5) is 3.51. The number of hydrogen-bond donors (Lipinski definition) is 1. The lowest BCUT2D eigenvalue weighted by Gasteiger charge is -2.13. The van der Waals surface area contributed by atoms with Gasteiger partial charge in [0, 0.05) is 9.92 Å². The van der Waals surface area contributed by atoms with Gasteiger partial charge in [-0.25, -0.2) is 0 Å². The molecule has 0 saturated heterocycles. The van der Waals surface area contributed by atoms with Crippen LogP contribution in [0.15, 0.2) is 29.2 Å². The van der Waals surface area contributed by atoms with Gasteiger partial charge in [0.05, 0.1) is 4.44 Å². The predicted molar refractivity (Wildman–Crippen MR) is 100.0 cm³/mol. The van der Waals surface area contributed by atoms with Crippen molar-refractivity contribution in [3.8, 4) is 0 Å². The predicted octanol–water partition coefficient (Wildman–Crippen LogP) is 5.65. The zero-order chi connectivity index (χ0) is 14.9. The lowest BCUT2D eigenvalue weighted by molar-refractivity contribution is 0.321. The van der Waals surface area contributed by atoms with Crippen molar-refractivity contribution in [2.45, 2.75) is 25.7 Å². The zero-order valence-electron chi connectivity index (χ0n) is 12.0. The fraction of sp³-hybridized carbons (Fsp3) is 0.538. The van der Waals surface area contributed by atoms with Crippen molar-refractivity contribution in [1.29, 1.82) is 0 Å². The molecule has 6 heteroatoms. The normalized spacial score (nSPS) is 13.6. The van der Waals surface area contributed by atoms with Gasteiger partial charge in [-0.2, -0.15) is 0 Å². The molecule has 19 heavy (non-hydrogen) atoms. The third-order valence-electron chi connectivity index (χ3n) is 2.43. The molecule has 0 saturated carbocycles. The summed E-state index contributed by atoms with van der Waals surface area (Å²) in [5, 5.41) is 0.753. The third kappa shape index (κ3) is 11.2. The maximum absolute atomic E-state index is 5.74. The molecule has 0 aromatic heterocycles. The van der Waals surface area contributed by atoms with Crippen molar-refractivity contribution in [2.24, 2.45) is 0 Å². The Bertz CT molecular complexity index is 382. The third-order valence-corrected chi connectivity index (χ3v) is 6.56. The van der Waals surface area contributed by atoms with E-state index in [1.165, 1.54) is 19.6 Å². The summed E-state index contributed by atoms with van der Waals surface area (Å²) in [7, 11) is 0. The minimum Gasteiger partial charge on any atom is -0.304 e. The van der Waals surface area contributed by atoms with Crippen LogP contribution in [0.3, 0.4) is 0 Å². The average Bonchev–Trinajstić information content (AvgIpc) is 2.34. The van der Waals surface area contributed by atoms with Crippen LogP contribution in [0.2, 0.25) is 5.02 Å². The molecule has 0 radical (unpaired) electrons. The van der Waals surface area contributed by atoms with E-state index in [1.807, 2.05) is 30.9 Å². The fourth-order valence-electron chi connectivity index (χ4n) is 1.36. The summed E-state index contributed by atoms with van der Waals surface area (Å²) in [5.74, 6) is 0. The molecule has 1 rings (SSSR count). The summed E-state index contributed by atoms with van der Waals surface area (Å²) in [5.41, 5.74) is 0. The van der Waals surface area contributed by atoms with Gasteiger partial charge in [-0.05, 0) is 50.6 Å². The number of benzene rings is 1. The molecule has 0 bridgehead atoms. The summed E-state index contributed by atoms with van der Waals surface area (Å²) in [6.45, 7) is 12.1. The Balaban J connectivity index is 0.000000399. The van der Waals surface area contributed by atoms with E-state index in [0.29, 0.717) is 0 Å². The van der Waals surface area contributed by atoms with Crippen LogP contribution < -0.4 is 0 Å². The minimum absolute atomic E-state index is 0.753. The van der Waals surface area contributed by atoms with Gasteiger partial charge in [-0.3, -0.25) is 0 Å². The van der Waals surface area contributed by atoms with Crippen LogP contribution in [-0.2, 0) is 11.8 Å². The molecule has 0 spiro atoms. The molecule has 1 unspecified atom stereocenters. The molecule has 0 aliphatic heterocycles. The van der Waals surface area contributed by atoms with Gasteiger partial charge in [0.15, 0.2) is 0 Å².